The summed E-state index contributed by atoms with van der Waals surface area (Å²) in [6, 6.07) is 0. The van der Waals surface area contributed by atoms with Crippen LogP contribution in [-0.2, 0) is 0 Å². The van der Waals surface area contributed by atoms with Crippen LogP contribution < -0.4 is 0 Å². The van der Waals surface area contributed by atoms with Crippen molar-refractivity contribution in [1.29, 1.82) is 0 Å². The molecule has 0 unspecified atom stereocenters. The van der Waals surface area contributed by atoms with Gasteiger partial charge in [-0.1, -0.05) is 58.7 Å². The molecule has 0 heterocycles. The zero-order chi connectivity index (χ0) is 15.4. The van der Waals surface area contributed by atoms with Gasteiger partial charge in [0.25, 0.3) is 0 Å². The molecule has 20 heavy (non-hydrogen) atoms. The molecule has 0 amide bonds. The van der Waals surface area contributed by atoms with Gasteiger partial charge < -0.3 is 0 Å². The third-order valence-electron chi connectivity index (χ3n) is 3.32. The van der Waals surface area contributed by atoms with Crippen LogP contribution in [0.3, 0.4) is 0 Å². The number of hydrogen-bond acceptors (Lipinski definition) is 0. The minimum Gasteiger partial charge on any atom is -0.0856 e. The first-order chi connectivity index (χ1) is 9.45. The van der Waals surface area contributed by atoms with Crippen LogP contribution in [0.1, 0.15) is 67.2 Å². The van der Waals surface area contributed by atoms with Crippen molar-refractivity contribution in [2.24, 2.45) is 0 Å². The number of hydrogen-bond donors (Lipinski definition) is 0. The van der Waals surface area contributed by atoms with E-state index in [0.29, 0.717) is 0 Å². The predicted octanol–water partition coefficient (Wildman–Crippen LogP) is 6.93. The summed E-state index contributed by atoms with van der Waals surface area (Å²) in [7, 11) is 0. The third-order valence-corrected chi connectivity index (χ3v) is 3.32. The maximum absolute atomic E-state index is 2.39. The van der Waals surface area contributed by atoms with Gasteiger partial charge in [-0.15, -0.1) is 0 Å². The second-order valence-corrected chi connectivity index (χ2v) is 5.81. The molecule has 0 aromatic carbocycles. The van der Waals surface area contributed by atoms with Crippen molar-refractivity contribution in [3.8, 4) is 0 Å². The molecule has 0 aliphatic carbocycles. The Morgan fingerprint density at radius 1 is 0.800 bits per heavy atom. The van der Waals surface area contributed by atoms with E-state index in [1.165, 1.54) is 35.1 Å². The molecule has 0 saturated heterocycles. The van der Waals surface area contributed by atoms with Crippen LogP contribution in [0, 0.1) is 0 Å². The highest BCUT2D eigenvalue weighted by atomic mass is 14.0. The first-order valence-electron chi connectivity index (χ1n) is 7.71. The lowest BCUT2D eigenvalue weighted by atomic mass is 10.1. The average Bonchev–Trinajstić information content (AvgIpc) is 2.38. The van der Waals surface area contributed by atoms with E-state index >= 15 is 0 Å². The van der Waals surface area contributed by atoms with E-state index in [-0.39, 0.29) is 0 Å². The Morgan fingerprint density at radius 3 is 2.00 bits per heavy atom. The van der Waals surface area contributed by atoms with Gasteiger partial charge in [0, 0.05) is 0 Å². The molecule has 112 valence electrons. The molecule has 0 nitrogen and oxygen atoms in total. The summed E-state index contributed by atoms with van der Waals surface area (Å²) in [6.07, 6.45) is 18.0. The van der Waals surface area contributed by atoms with Gasteiger partial charge >= 0.3 is 0 Å². The predicted molar refractivity (Wildman–Crippen MR) is 94.0 cm³/mol. The fraction of sp³-hybridized carbons (Fsp3) is 0.500. The molecule has 0 aromatic rings. The summed E-state index contributed by atoms with van der Waals surface area (Å²) in [5.41, 5.74) is 5.68. The molecule has 0 aromatic heterocycles. The maximum Gasteiger partial charge on any atom is -0.0285 e. The summed E-state index contributed by atoms with van der Waals surface area (Å²) in [6.45, 7) is 13.0. The van der Waals surface area contributed by atoms with Crippen molar-refractivity contribution in [3.63, 3.8) is 0 Å². The van der Waals surface area contributed by atoms with E-state index in [4.69, 9.17) is 0 Å². The van der Waals surface area contributed by atoms with Crippen LogP contribution >= 0.6 is 0 Å². The van der Waals surface area contributed by atoms with Gasteiger partial charge in [-0.25, -0.2) is 0 Å². The van der Waals surface area contributed by atoms with E-state index in [9.17, 15) is 0 Å². The second kappa shape index (κ2) is 11.5. The Hall–Kier alpha value is -1.30. The highest BCUT2D eigenvalue weighted by Gasteiger charge is 1.91. The van der Waals surface area contributed by atoms with Crippen molar-refractivity contribution in [1.82, 2.24) is 0 Å². The SMILES string of the molecule is CC=C(C)C=CC=C(C)CCC=C(C)CCC=C(C)C. The van der Waals surface area contributed by atoms with Crippen LogP contribution in [0.2, 0.25) is 0 Å². The van der Waals surface area contributed by atoms with Gasteiger partial charge in [0.1, 0.15) is 0 Å². The first kappa shape index (κ1) is 18.7. The Bertz CT molecular complexity index is 407. The molecular weight excluding hydrogens is 240 g/mol. The molecule has 0 atom stereocenters. The van der Waals surface area contributed by atoms with E-state index < -0.39 is 0 Å². The molecule has 0 bridgehead atoms. The smallest absolute Gasteiger partial charge is 0.0285 e. The number of allylic oxidation sites excluding steroid dienone is 10. The Kier molecular flexibility index (Phi) is 10.8. The Labute approximate surface area is 126 Å². The van der Waals surface area contributed by atoms with Crippen molar-refractivity contribution in [3.05, 3.63) is 58.7 Å². The van der Waals surface area contributed by atoms with Crippen LogP contribution in [0.25, 0.3) is 0 Å². The summed E-state index contributed by atoms with van der Waals surface area (Å²) >= 11 is 0. The number of rotatable bonds is 8. The largest absolute Gasteiger partial charge is 0.0856 e. The first-order valence-corrected chi connectivity index (χ1v) is 7.71. The van der Waals surface area contributed by atoms with Gasteiger partial charge in [-0.05, 0) is 67.2 Å². The molecule has 0 N–H and O–H groups in total. The van der Waals surface area contributed by atoms with E-state index in [2.05, 4.69) is 78.0 Å². The zero-order valence-corrected chi connectivity index (χ0v) is 14.3. The van der Waals surface area contributed by atoms with Gasteiger partial charge in [0.2, 0.25) is 0 Å². The summed E-state index contributed by atoms with van der Waals surface area (Å²) in [5, 5.41) is 0. The molecule has 0 saturated carbocycles. The standard InChI is InChI=1S/C20H32/c1-7-18(4)12-9-14-20(6)16-10-15-19(5)13-8-11-17(2)3/h7,9,11-12,14-15H,8,10,13,16H2,1-6H3. The van der Waals surface area contributed by atoms with Crippen molar-refractivity contribution >= 4 is 0 Å². The zero-order valence-electron chi connectivity index (χ0n) is 14.3. The van der Waals surface area contributed by atoms with Crippen molar-refractivity contribution < 1.29 is 0 Å². The van der Waals surface area contributed by atoms with Crippen LogP contribution in [-0.4, -0.2) is 0 Å². The Morgan fingerprint density at radius 2 is 1.40 bits per heavy atom. The monoisotopic (exact) mass is 272 g/mol. The van der Waals surface area contributed by atoms with Gasteiger partial charge in [0.15, 0.2) is 0 Å². The minimum atomic E-state index is 1.15. The molecule has 0 heteroatoms. The van der Waals surface area contributed by atoms with Crippen LogP contribution in [0.15, 0.2) is 58.7 Å². The van der Waals surface area contributed by atoms with Gasteiger partial charge in [0.05, 0.1) is 0 Å². The molecular formula is C20H32. The quantitative estimate of drug-likeness (QED) is 0.332. The van der Waals surface area contributed by atoms with Gasteiger partial charge in [-0.2, -0.15) is 0 Å². The molecule has 0 aliphatic heterocycles. The Balaban J connectivity index is 4.06. The van der Waals surface area contributed by atoms with Gasteiger partial charge in [-0.3, -0.25) is 0 Å². The highest BCUT2D eigenvalue weighted by molar-refractivity contribution is 5.21. The average molecular weight is 272 g/mol. The molecule has 0 spiro atoms. The summed E-state index contributed by atoms with van der Waals surface area (Å²) < 4.78 is 0. The summed E-state index contributed by atoms with van der Waals surface area (Å²) in [5.74, 6) is 0. The lowest BCUT2D eigenvalue weighted by Gasteiger charge is -2.00. The van der Waals surface area contributed by atoms with Crippen LogP contribution in [0.5, 0.6) is 0 Å². The lowest BCUT2D eigenvalue weighted by Crippen LogP contribution is -1.80. The topological polar surface area (TPSA) is 0 Å². The minimum absolute atomic E-state index is 1.15. The van der Waals surface area contributed by atoms with E-state index in [1.54, 1.807) is 0 Å². The van der Waals surface area contributed by atoms with E-state index in [0.717, 1.165) is 12.8 Å². The third kappa shape index (κ3) is 11.8. The molecule has 0 radical (unpaired) electrons. The highest BCUT2D eigenvalue weighted by Crippen LogP contribution is 2.11. The van der Waals surface area contributed by atoms with Crippen molar-refractivity contribution in [2.45, 2.75) is 67.2 Å². The fourth-order valence-corrected chi connectivity index (χ4v) is 1.78. The second-order valence-electron chi connectivity index (χ2n) is 5.81. The molecule has 0 rings (SSSR count). The van der Waals surface area contributed by atoms with Crippen LogP contribution in [0.4, 0.5) is 0 Å². The van der Waals surface area contributed by atoms with Crippen molar-refractivity contribution in [2.75, 3.05) is 0 Å². The summed E-state index contributed by atoms with van der Waals surface area (Å²) in [4.78, 5) is 0. The lowest BCUT2D eigenvalue weighted by molar-refractivity contribution is 0.918. The fourth-order valence-electron chi connectivity index (χ4n) is 1.78. The molecule has 0 fully saturated rings. The normalized spacial score (nSPS) is 14.0. The maximum atomic E-state index is 2.39. The van der Waals surface area contributed by atoms with E-state index in [1.807, 2.05) is 0 Å². The molecule has 0 aliphatic rings.